The highest BCUT2D eigenvalue weighted by molar-refractivity contribution is 5.85. The van der Waals surface area contributed by atoms with Crippen molar-refractivity contribution in [1.29, 1.82) is 0 Å². The standard InChI is InChI=1S/C14H24N4O2/c1-9(13(15)16-20)17-2-4-18(5-3-17)14(19)12-7-10-6-11(10)8-12/h9-12,20H,2-8H2,1H3,(H2,15,16). The van der Waals surface area contributed by atoms with Gasteiger partial charge in [-0.3, -0.25) is 9.69 Å². The molecular weight excluding hydrogens is 256 g/mol. The van der Waals surface area contributed by atoms with E-state index in [0.29, 0.717) is 5.91 Å². The molecule has 1 heterocycles. The molecule has 0 aromatic heterocycles. The number of carbonyl (C=O) groups is 1. The van der Waals surface area contributed by atoms with E-state index in [0.717, 1.165) is 50.9 Å². The number of nitrogens with two attached hydrogens (primary N) is 1. The van der Waals surface area contributed by atoms with Crippen molar-refractivity contribution in [2.45, 2.75) is 32.2 Å². The van der Waals surface area contributed by atoms with E-state index in [9.17, 15) is 4.79 Å². The van der Waals surface area contributed by atoms with Gasteiger partial charge in [0.25, 0.3) is 0 Å². The molecule has 0 bridgehead atoms. The summed E-state index contributed by atoms with van der Waals surface area (Å²) in [5.74, 6) is 2.58. The topological polar surface area (TPSA) is 82.2 Å². The lowest BCUT2D eigenvalue weighted by Crippen LogP contribution is -2.55. The van der Waals surface area contributed by atoms with Crippen LogP contribution in [0.4, 0.5) is 0 Å². The van der Waals surface area contributed by atoms with E-state index in [4.69, 9.17) is 10.9 Å². The Kier molecular flexibility index (Phi) is 3.58. The van der Waals surface area contributed by atoms with Crippen LogP contribution in [0.3, 0.4) is 0 Å². The lowest BCUT2D eigenvalue weighted by molar-refractivity contribution is -0.137. The second-order valence-electron chi connectivity index (χ2n) is 6.49. The third kappa shape index (κ3) is 2.49. The van der Waals surface area contributed by atoms with Crippen LogP contribution >= 0.6 is 0 Å². The minimum atomic E-state index is -0.0728. The lowest BCUT2D eigenvalue weighted by Gasteiger charge is -2.38. The summed E-state index contributed by atoms with van der Waals surface area (Å²) in [7, 11) is 0. The van der Waals surface area contributed by atoms with Gasteiger partial charge >= 0.3 is 0 Å². The number of amides is 1. The molecule has 0 spiro atoms. The fraction of sp³-hybridized carbons (Fsp3) is 0.857. The third-order valence-electron chi connectivity index (χ3n) is 5.31. The van der Waals surface area contributed by atoms with Gasteiger partial charge in [0.1, 0.15) is 0 Å². The van der Waals surface area contributed by atoms with Gasteiger partial charge in [-0.15, -0.1) is 0 Å². The predicted molar refractivity (Wildman–Crippen MR) is 75.3 cm³/mol. The zero-order valence-electron chi connectivity index (χ0n) is 12.0. The highest BCUT2D eigenvalue weighted by Crippen LogP contribution is 2.54. The number of piperazine rings is 1. The van der Waals surface area contributed by atoms with E-state index >= 15 is 0 Å². The monoisotopic (exact) mass is 280 g/mol. The second-order valence-corrected chi connectivity index (χ2v) is 6.49. The summed E-state index contributed by atoms with van der Waals surface area (Å²) in [4.78, 5) is 16.6. The first-order chi connectivity index (χ1) is 9.60. The first-order valence-corrected chi connectivity index (χ1v) is 7.60. The molecule has 2 aliphatic carbocycles. The van der Waals surface area contributed by atoms with E-state index < -0.39 is 0 Å². The summed E-state index contributed by atoms with van der Waals surface area (Å²) in [6.07, 6.45) is 3.59. The zero-order chi connectivity index (χ0) is 14.3. The Bertz CT molecular complexity index is 407. The SMILES string of the molecule is CC(C(N)=NO)N1CCN(C(=O)C2CC3CC3C2)CC1. The van der Waals surface area contributed by atoms with Crippen LogP contribution in [0.15, 0.2) is 5.16 Å². The van der Waals surface area contributed by atoms with Crippen LogP contribution in [0.2, 0.25) is 0 Å². The molecule has 3 fully saturated rings. The first kappa shape index (κ1) is 13.7. The molecule has 3 rings (SSSR count). The van der Waals surface area contributed by atoms with Gasteiger partial charge in [0.15, 0.2) is 5.84 Å². The normalized spacial score (nSPS) is 35.8. The van der Waals surface area contributed by atoms with Crippen molar-refractivity contribution in [3.05, 3.63) is 0 Å². The number of amidine groups is 1. The molecule has 0 radical (unpaired) electrons. The molecule has 1 amide bonds. The predicted octanol–water partition coefficient (Wildman–Crippen LogP) is 0.312. The number of fused-ring (bicyclic) bond motifs is 1. The van der Waals surface area contributed by atoms with E-state index in [1.54, 1.807) is 0 Å². The maximum atomic E-state index is 12.5. The summed E-state index contributed by atoms with van der Waals surface area (Å²) >= 11 is 0. The molecule has 1 aliphatic heterocycles. The zero-order valence-corrected chi connectivity index (χ0v) is 12.0. The molecule has 6 nitrogen and oxygen atoms in total. The van der Waals surface area contributed by atoms with Gasteiger partial charge in [-0.1, -0.05) is 5.16 Å². The van der Waals surface area contributed by atoms with Crippen molar-refractivity contribution < 1.29 is 10.0 Å². The summed E-state index contributed by atoms with van der Waals surface area (Å²) < 4.78 is 0. The minimum absolute atomic E-state index is 0.0728. The molecule has 3 N–H and O–H groups in total. The summed E-state index contributed by atoms with van der Waals surface area (Å²) in [5, 5.41) is 11.8. The molecule has 2 saturated carbocycles. The van der Waals surface area contributed by atoms with Crippen LogP contribution in [0.25, 0.3) is 0 Å². The number of carbonyl (C=O) groups excluding carboxylic acids is 1. The molecule has 1 saturated heterocycles. The molecule has 3 atom stereocenters. The van der Waals surface area contributed by atoms with Crippen LogP contribution in [0.5, 0.6) is 0 Å². The highest BCUT2D eigenvalue weighted by Gasteiger charge is 2.48. The quantitative estimate of drug-likeness (QED) is 0.337. The minimum Gasteiger partial charge on any atom is -0.409 e. The smallest absolute Gasteiger partial charge is 0.225 e. The van der Waals surface area contributed by atoms with E-state index in [2.05, 4.69) is 10.1 Å². The van der Waals surface area contributed by atoms with Gasteiger partial charge in [0.05, 0.1) is 6.04 Å². The number of oxime groups is 1. The van der Waals surface area contributed by atoms with Crippen LogP contribution in [0.1, 0.15) is 26.2 Å². The first-order valence-electron chi connectivity index (χ1n) is 7.60. The van der Waals surface area contributed by atoms with E-state index in [1.807, 2.05) is 11.8 Å². The van der Waals surface area contributed by atoms with E-state index in [1.165, 1.54) is 6.42 Å². The Balaban J connectivity index is 1.49. The van der Waals surface area contributed by atoms with E-state index in [-0.39, 0.29) is 17.8 Å². The Labute approximate surface area is 119 Å². The Morgan fingerprint density at radius 1 is 1.20 bits per heavy atom. The Morgan fingerprint density at radius 3 is 2.35 bits per heavy atom. The number of hydrogen-bond donors (Lipinski definition) is 2. The molecule has 0 aromatic rings. The molecule has 0 aromatic carbocycles. The third-order valence-corrected chi connectivity index (χ3v) is 5.31. The molecular formula is C14H24N4O2. The van der Waals surface area contributed by atoms with Gasteiger partial charge in [0, 0.05) is 32.1 Å². The second kappa shape index (κ2) is 5.24. The maximum Gasteiger partial charge on any atom is 0.225 e. The van der Waals surface area contributed by atoms with Gasteiger partial charge in [-0.25, -0.2) is 0 Å². The van der Waals surface area contributed by atoms with Gasteiger partial charge in [-0.2, -0.15) is 0 Å². The van der Waals surface area contributed by atoms with Crippen molar-refractivity contribution in [3.8, 4) is 0 Å². The Morgan fingerprint density at radius 2 is 1.80 bits per heavy atom. The van der Waals surface area contributed by atoms with Crippen LogP contribution < -0.4 is 5.73 Å². The molecule has 112 valence electrons. The number of rotatable bonds is 3. The average molecular weight is 280 g/mol. The van der Waals surface area contributed by atoms with Crippen molar-refractivity contribution >= 4 is 11.7 Å². The summed E-state index contributed by atoms with van der Waals surface area (Å²) in [6, 6.07) is -0.0728. The largest absolute Gasteiger partial charge is 0.409 e. The lowest BCUT2D eigenvalue weighted by atomic mass is 10.0. The number of hydrogen-bond acceptors (Lipinski definition) is 4. The molecule has 20 heavy (non-hydrogen) atoms. The van der Waals surface area contributed by atoms with Crippen LogP contribution in [0, 0.1) is 17.8 Å². The fourth-order valence-corrected chi connectivity index (χ4v) is 3.77. The summed E-state index contributed by atoms with van der Waals surface area (Å²) in [6.45, 7) is 5.03. The van der Waals surface area contributed by atoms with Gasteiger partial charge in [0.2, 0.25) is 5.91 Å². The Hall–Kier alpha value is -1.30. The van der Waals surface area contributed by atoms with Crippen molar-refractivity contribution in [2.24, 2.45) is 28.6 Å². The highest BCUT2D eigenvalue weighted by atomic mass is 16.4. The van der Waals surface area contributed by atoms with Crippen molar-refractivity contribution in [2.75, 3.05) is 26.2 Å². The van der Waals surface area contributed by atoms with Crippen molar-refractivity contribution in [1.82, 2.24) is 9.80 Å². The molecule has 3 aliphatic rings. The summed E-state index contributed by atoms with van der Waals surface area (Å²) in [5.41, 5.74) is 5.64. The van der Waals surface area contributed by atoms with Crippen LogP contribution in [-0.2, 0) is 4.79 Å². The number of nitrogens with zero attached hydrogens (tertiary/aromatic N) is 3. The maximum absolute atomic E-state index is 12.5. The van der Waals surface area contributed by atoms with Gasteiger partial charge < -0.3 is 15.8 Å². The fourth-order valence-electron chi connectivity index (χ4n) is 3.77. The van der Waals surface area contributed by atoms with Crippen molar-refractivity contribution in [3.63, 3.8) is 0 Å². The average Bonchev–Trinajstić information content (AvgIpc) is 3.11. The molecule has 6 heteroatoms. The van der Waals surface area contributed by atoms with Gasteiger partial charge in [-0.05, 0) is 38.0 Å². The van der Waals surface area contributed by atoms with Crippen LogP contribution in [-0.4, -0.2) is 59.0 Å². The molecule has 3 unspecified atom stereocenters.